The van der Waals surface area contributed by atoms with E-state index in [0.29, 0.717) is 78.4 Å². The molecule has 0 bridgehead atoms. The molecule has 6 aromatic heterocycles. The highest BCUT2D eigenvalue weighted by molar-refractivity contribution is 6.11. The fraction of sp³-hybridized carbons (Fsp3) is 0.463. The number of halogens is 3. The zero-order chi connectivity index (χ0) is 85.1. The number of piperidine rings is 1. The first kappa shape index (κ1) is 88.1. The van der Waals surface area contributed by atoms with Gasteiger partial charge in [-0.05, 0) is 246 Å². The van der Waals surface area contributed by atoms with Crippen molar-refractivity contribution in [2.45, 2.75) is 185 Å². The van der Waals surface area contributed by atoms with Crippen LogP contribution in [0.2, 0.25) is 0 Å². The van der Waals surface area contributed by atoms with Gasteiger partial charge in [-0.15, -0.1) is 0 Å². The zero-order valence-electron chi connectivity index (χ0n) is 71.8. The number of Topliss-reactive ketones (excluding diaryl/α,β-unsaturated/α-hetero) is 2. The number of para-hydroxylation sites is 1. The van der Waals surface area contributed by atoms with Crippen molar-refractivity contribution in [3.63, 3.8) is 0 Å². The summed E-state index contributed by atoms with van der Waals surface area (Å²) in [5.41, 5.74) is 19.6. The highest BCUT2D eigenvalue weighted by Crippen LogP contribution is 2.40. The molecule has 5 N–H and O–H groups in total. The van der Waals surface area contributed by atoms with Crippen LogP contribution in [-0.4, -0.2) is 168 Å². The van der Waals surface area contributed by atoms with Gasteiger partial charge in [0.15, 0.2) is 11.6 Å². The number of benzene rings is 4. The van der Waals surface area contributed by atoms with E-state index in [-0.39, 0.29) is 71.5 Å². The Morgan fingerprint density at radius 3 is 1.88 bits per heavy atom. The molecule has 14 rings (SSSR count). The molecule has 634 valence electrons. The summed E-state index contributed by atoms with van der Waals surface area (Å²) in [7, 11) is 1.53. The molecule has 0 unspecified atom stereocenters. The van der Waals surface area contributed by atoms with Crippen molar-refractivity contribution in [2.24, 2.45) is 5.92 Å². The molecule has 119 heavy (non-hydrogen) atoms. The van der Waals surface area contributed by atoms with Gasteiger partial charge in [0.25, 0.3) is 22.6 Å². The topological polar surface area (TPSA) is 237 Å². The number of nitrogens with one attached hydrogen (secondary N) is 5. The maximum Gasteiger partial charge on any atom is 0.401 e. The number of H-pyrrole nitrogens is 3. The predicted octanol–water partition coefficient (Wildman–Crippen LogP) is 16.2. The number of pyridine rings is 4. The Labute approximate surface area is 696 Å². The molecule has 24 heteroatoms. The minimum atomic E-state index is -4.19. The van der Waals surface area contributed by atoms with E-state index < -0.39 is 12.7 Å². The normalized spacial score (nSPS) is 15.8. The number of anilines is 2. The number of rotatable bonds is 25. The van der Waals surface area contributed by atoms with Gasteiger partial charge in [-0.1, -0.05) is 49.4 Å². The minimum absolute atomic E-state index is 0.0252. The summed E-state index contributed by atoms with van der Waals surface area (Å²) in [5, 5.41) is 8.20. The Kier molecular flexibility index (Phi) is 29.1. The van der Waals surface area contributed by atoms with Crippen LogP contribution in [0.4, 0.5) is 24.7 Å². The van der Waals surface area contributed by atoms with E-state index >= 15 is 0 Å². The smallest absolute Gasteiger partial charge is 0.401 e. The van der Waals surface area contributed by atoms with Crippen LogP contribution in [0.15, 0.2) is 124 Å². The van der Waals surface area contributed by atoms with Crippen LogP contribution in [0.25, 0.3) is 44.1 Å². The summed E-state index contributed by atoms with van der Waals surface area (Å²) >= 11 is 0. The van der Waals surface area contributed by atoms with E-state index in [9.17, 15) is 41.9 Å². The van der Waals surface area contributed by atoms with Crippen LogP contribution in [0.1, 0.15) is 189 Å². The van der Waals surface area contributed by atoms with Crippen LogP contribution < -0.4 is 41.8 Å². The molecule has 0 aliphatic carbocycles. The third-order valence-corrected chi connectivity index (χ3v) is 24.8. The van der Waals surface area contributed by atoms with Crippen LogP contribution in [0.3, 0.4) is 0 Å². The lowest BCUT2D eigenvalue weighted by atomic mass is 9.90. The van der Waals surface area contributed by atoms with Gasteiger partial charge in [-0.2, -0.15) is 13.2 Å². The maximum atomic E-state index is 13.9. The second kappa shape index (κ2) is 39.3. The first-order valence-corrected chi connectivity index (χ1v) is 42.4. The quantitative estimate of drug-likeness (QED) is 0.0335. The number of ether oxygens (including phenoxy) is 3. The third kappa shape index (κ3) is 20.8. The SMILES string of the molecule is CCN(c1cc(-c2ccc(CN3CCOCC3)cc2)cc(C(=O)CCc2c(C)cc(C)[nH]c2=O)c1C)C1CCOCC1.CC[C@H](C)n1cc(C)c2c(C(=O)NCc3c(C)cc(C)[nH]c3=O)cc(-c3ccc(N4CCNCC4)nc3)cc21.COc1c(C)c(C)[nH]c(=O)c1CCC(=O)c1c(C)n([C@H](C)C2CCN(CC(F)(F)F)CC2)c2ccccc12. The van der Waals surface area contributed by atoms with E-state index in [2.05, 4.69) is 152 Å². The number of fused-ring (bicyclic) bond motifs is 2. The summed E-state index contributed by atoms with van der Waals surface area (Å²) in [5.74, 6) is 1.51. The van der Waals surface area contributed by atoms with Crippen LogP contribution in [0.5, 0.6) is 5.75 Å². The van der Waals surface area contributed by atoms with Crippen molar-refractivity contribution in [3.05, 3.63) is 230 Å². The Morgan fingerprint density at radius 1 is 0.639 bits per heavy atom. The number of nitrogens with zero attached hydrogens (tertiary/aromatic N) is 7. The van der Waals surface area contributed by atoms with Gasteiger partial charge in [0.1, 0.15) is 11.6 Å². The molecule has 10 aromatic rings. The molecular formula is C95H119F3N12O9. The van der Waals surface area contributed by atoms with Gasteiger partial charge in [0.2, 0.25) is 0 Å². The number of alkyl halides is 3. The van der Waals surface area contributed by atoms with Crippen molar-refractivity contribution >= 4 is 50.8 Å². The average Bonchev–Trinajstić information content (AvgIpc) is 1.65. The van der Waals surface area contributed by atoms with Crippen molar-refractivity contribution < 1.29 is 41.8 Å². The largest absolute Gasteiger partial charge is 0.496 e. The molecule has 0 saturated carbocycles. The fourth-order valence-corrected chi connectivity index (χ4v) is 18.0. The van der Waals surface area contributed by atoms with Gasteiger partial charge >= 0.3 is 6.18 Å². The Hall–Kier alpha value is -10.2. The Balaban J connectivity index is 0.000000164. The standard InChI is InChI=1S/C35H45N3O4.C31H38N6O2.C29H36F3N3O3/c1-5-38(30-12-16-41-17-13-30)33-22-29(28-8-6-27(7-9-28)23-37-14-18-42-19-15-37)21-32(26(33)4)34(39)11-10-31-24(2)20-25(3)36-35(31)40;1-6-22(5)37-18-20(3)29-25(30(38)34-17-26-19(2)13-21(4)35-31(26)39)14-24(15-27(29)37)23-7-8-28(33-16-23)36-11-9-32-10-12-36;1-17-18(2)33-28(37)23(27(17)38-5)10-11-25(36)26-20(4)35(24-9-7-6-8-22(24)26)19(3)21-12-14-34(15-13-21)16-29(30,31)32/h6-9,20-22,30H,5,10-19,23H2,1-4H3,(H,36,40);7-8,13-16,18,22,32H,6,9-12,17H2,1-5H3,(H,34,38)(H,35,39);6-9,19,21H,10-16H2,1-5H3,(H,33,37)/t;22-;19-/m.01/s1. The number of morpholine rings is 1. The zero-order valence-corrected chi connectivity index (χ0v) is 71.8. The molecule has 4 saturated heterocycles. The molecule has 0 spiro atoms. The average molecular weight is 1630 g/mol. The van der Waals surface area contributed by atoms with Gasteiger partial charge in [0.05, 0.1) is 32.4 Å². The van der Waals surface area contributed by atoms with E-state index in [1.807, 2.05) is 97.1 Å². The van der Waals surface area contributed by atoms with Crippen molar-refractivity contribution in [3.8, 4) is 28.0 Å². The summed E-state index contributed by atoms with van der Waals surface area (Å²) in [4.78, 5) is 101. The number of aromatic amines is 3. The van der Waals surface area contributed by atoms with E-state index in [4.69, 9.17) is 19.2 Å². The number of carbonyl (C=O) groups excluding carboxylic acids is 3. The van der Waals surface area contributed by atoms with Crippen molar-refractivity contribution in [2.75, 3.05) is 109 Å². The fourth-order valence-electron chi connectivity index (χ4n) is 18.0. The number of aryl methyl sites for hydroxylation is 6. The number of methoxy groups -OCH3 is 1. The molecule has 4 aliphatic heterocycles. The molecular weight excluding hydrogens is 1510 g/mol. The number of hydrogen-bond donors (Lipinski definition) is 5. The van der Waals surface area contributed by atoms with Crippen LogP contribution in [-0.2, 0) is 35.4 Å². The minimum Gasteiger partial charge on any atom is -0.496 e. The lowest BCUT2D eigenvalue weighted by molar-refractivity contribution is -0.149. The second-order valence-electron chi connectivity index (χ2n) is 32.9. The number of likely N-dealkylation sites (tertiary alicyclic amines) is 1. The number of amides is 1. The van der Waals surface area contributed by atoms with Gasteiger partial charge < -0.3 is 58.7 Å². The molecule has 0 radical (unpaired) electrons. The monoisotopic (exact) mass is 1630 g/mol. The highest BCUT2D eigenvalue weighted by atomic mass is 19.4. The summed E-state index contributed by atoms with van der Waals surface area (Å²) in [6.45, 7) is 36.7. The molecule has 10 heterocycles. The number of carbonyl (C=O) groups is 3. The molecule has 2 atom stereocenters. The lowest BCUT2D eigenvalue weighted by Gasteiger charge is -2.37. The van der Waals surface area contributed by atoms with E-state index in [1.54, 1.807) is 0 Å². The molecule has 4 aromatic carbocycles. The predicted molar refractivity (Wildman–Crippen MR) is 469 cm³/mol. The van der Waals surface area contributed by atoms with Gasteiger partial charge in [-0.3, -0.25) is 38.6 Å². The summed E-state index contributed by atoms with van der Waals surface area (Å²) in [6, 6.07) is 33.7. The lowest BCUT2D eigenvalue weighted by Crippen LogP contribution is -2.43. The second-order valence-corrected chi connectivity index (χ2v) is 32.9. The van der Waals surface area contributed by atoms with Gasteiger partial charge in [-0.25, -0.2) is 4.98 Å². The Morgan fingerprint density at radius 2 is 1.25 bits per heavy atom. The third-order valence-electron chi connectivity index (χ3n) is 24.8. The summed E-state index contributed by atoms with van der Waals surface area (Å²) < 4.78 is 59.6. The number of hydrogen-bond acceptors (Lipinski definition) is 15. The molecule has 4 aliphatic rings. The van der Waals surface area contributed by atoms with E-state index in [0.717, 1.165) is 210 Å². The highest BCUT2D eigenvalue weighted by Gasteiger charge is 2.36. The number of aromatic nitrogens is 6. The van der Waals surface area contributed by atoms with E-state index in [1.165, 1.54) is 17.6 Å². The van der Waals surface area contributed by atoms with Gasteiger partial charge in [0, 0.05) is 205 Å². The summed E-state index contributed by atoms with van der Waals surface area (Å²) in [6.07, 6.45) is 5.25. The number of piperazine rings is 1. The first-order chi connectivity index (χ1) is 57.0. The molecule has 4 fully saturated rings. The molecule has 21 nitrogen and oxygen atoms in total. The first-order valence-electron chi connectivity index (χ1n) is 42.4. The van der Waals surface area contributed by atoms with Crippen molar-refractivity contribution in [1.82, 2.24) is 49.5 Å². The van der Waals surface area contributed by atoms with Crippen LogP contribution >= 0.6 is 0 Å². The Bertz CT molecular complexity index is 5440. The maximum absolute atomic E-state index is 13.9. The van der Waals surface area contributed by atoms with Crippen LogP contribution in [0, 0.1) is 68.2 Å². The molecule has 1 amide bonds. The van der Waals surface area contributed by atoms with Crippen molar-refractivity contribution in [1.29, 1.82) is 0 Å². The number of ketones is 2.